The zero-order valence-corrected chi connectivity index (χ0v) is 10.6. The summed E-state index contributed by atoms with van der Waals surface area (Å²) >= 11 is 0. The number of nitrogens with zero attached hydrogens (tertiary/aromatic N) is 1. The van der Waals surface area contributed by atoms with E-state index in [-0.39, 0.29) is 0 Å². The van der Waals surface area contributed by atoms with Crippen LogP contribution in [0.3, 0.4) is 0 Å². The first-order valence-corrected chi connectivity index (χ1v) is 6.75. The Hall–Kier alpha value is -1.25. The minimum atomic E-state index is 0.398. The third-order valence-corrected chi connectivity index (χ3v) is 3.19. The summed E-state index contributed by atoms with van der Waals surface area (Å²) in [5.41, 5.74) is 0. The molecule has 0 aliphatic heterocycles. The number of hydrogen-bond acceptors (Lipinski definition) is 3. The lowest BCUT2D eigenvalue weighted by molar-refractivity contribution is 0.183. The van der Waals surface area contributed by atoms with E-state index in [4.69, 9.17) is 4.74 Å². The van der Waals surface area contributed by atoms with E-state index in [1.165, 1.54) is 38.5 Å². The molecule has 1 aliphatic rings. The van der Waals surface area contributed by atoms with Gasteiger partial charge in [0.05, 0.1) is 6.10 Å². The molecule has 0 radical (unpaired) electrons. The van der Waals surface area contributed by atoms with Crippen LogP contribution >= 0.6 is 0 Å². The van der Waals surface area contributed by atoms with Crippen LogP contribution in [0.25, 0.3) is 0 Å². The van der Waals surface area contributed by atoms with Crippen LogP contribution in [-0.4, -0.2) is 17.6 Å². The van der Waals surface area contributed by atoms with Crippen molar-refractivity contribution >= 4 is 5.82 Å². The molecule has 3 heteroatoms. The second kappa shape index (κ2) is 6.48. The first kappa shape index (κ1) is 12.2. The fraction of sp³-hybridized carbons (Fsp3) is 0.643. The average molecular weight is 234 g/mol. The molecular formula is C14H22N2O. The van der Waals surface area contributed by atoms with Crippen molar-refractivity contribution < 1.29 is 4.74 Å². The Morgan fingerprint density at radius 1 is 1.29 bits per heavy atom. The van der Waals surface area contributed by atoms with Crippen LogP contribution < -0.4 is 10.1 Å². The molecule has 0 bridgehead atoms. The van der Waals surface area contributed by atoms with E-state index in [2.05, 4.69) is 17.2 Å². The molecule has 1 N–H and O–H groups in total. The van der Waals surface area contributed by atoms with Gasteiger partial charge in [-0.05, 0) is 38.7 Å². The third-order valence-electron chi connectivity index (χ3n) is 3.19. The van der Waals surface area contributed by atoms with Gasteiger partial charge in [0.2, 0.25) is 0 Å². The summed E-state index contributed by atoms with van der Waals surface area (Å²) < 4.78 is 6.04. The molecule has 2 rings (SSSR count). The number of aromatic nitrogens is 1. The van der Waals surface area contributed by atoms with Gasteiger partial charge < -0.3 is 10.1 Å². The topological polar surface area (TPSA) is 34.1 Å². The van der Waals surface area contributed by atoms with Gasteiger partial charge >= 0.3 is 0 Å². The van der Waals surface area contributed by atoms with Gasteiger partial charge in [0, 0.05) is 18.8 Å². The maximum Gasteiger partial charge on any atom is 0.129 e. The molecule has 0 amide bonds. The van der Waals surface area contributed by atoms with E-state index in [0.29, 0.717) is 6.10 Å². The van der Waals surface area contributed by atoms with Gasteiger partial charge in [-0.15, -0.1) is 0 Å². The Kier molecular flexibility index (Phi) is 4.65. The highest BCUT2D eigenvalue weighted by Crippen LogP contribution is 2.23. The van der Waals surface area contributed by atoms with Crippen LogP contribution in [-0.2, 0) is 0 Å². The maximum absolute atomic E-state index is 6.04. The summed E-state index contributed by atoms with van der Waals surface area (Å²) in [5.74, 6) is 1.85. The SMILES string of the molecule is CCNc1cc(OC2CCCCCC2)ccn1. The zero-order chi connectivity index (χ0) is 11.9. The van der Waals surface area contributed by atoms with Gasteiger partial charge in [-0.3, -0.25) is 0 Å². The Balaban J connectivity index is 1.94. The Morgan fingerprint density at radius 2 is 2.06 bits per heavy atom. The van der Waals surface area contributed by atoms with Gasteiger partial charge in [0.1, 0.15) is 11.6 Å². The lowest BCUT2D eigenvalue weighted by atomic mass is 10.1. The highest BCUT2D eigenvalue weighted by Gasteiger charge is 2.13. The summed E-state index contributed by atoms with van der Waals surface area (Å²) in [5, 5.41) is 3.21. The Labute approximate surface area is 104 Å². The first-order chi connectivity index (χ1) is 8.38. The molecule has 0 atom stereocenters. The minimum absolute atomic E-state index is 0.398. The number of nitrogens with one attached hydrogen (secondary N) is 1. The highest BCUT2D eigenvalue weighted by atomic mass is 16.5. The smallest absolute Gasteiger partial charge is 0.129 e. The van der Waals surface area contributed by atoms with E-state index in [9.17, 15) is 0 Å². The van der Waals surface area contributed by atoms with Gasteiger partial charge in [-0.1, -0.05) is 12.8 Å². The quantitative estimate of drug-likeness (QED) is 0.808. The highest BCUT2D eigenvalue weighted by molar-refractivity contribution is 5.40. The molecule has 0 spiro atoms. The van der Waals surface area contributed by atoms with Crippen molar-refractivity contribution in [1.82, 2.24) is 4.98 Å². The molecule has 0 saturated heterocycles. The number of rotatable bonds is 4. The van der Waals surface area contributed by atoms with Crippen molar-refractivity contribution in [1.29, 1.82) is 0 Å². The van der Waals surface area contributed by atoms with E-state index >= 15 is 0 Å². The van der Waals surface area contributed by atoms with Crippen LogP contribution in [0.2, 0.25) is 0 Å². The summed E-state index contributed by atoms with van der Waals surface area (Å²) in [6, 6.07) is 3.94. The zero-order valence-electron chi connectivity index (χ0n) is 10.6. The van der Waals surface area contributed by atoms with Crippen molar-refractivity contribution in [2.75, 3.05) is 11.9 Å². The fourth-order valence-electron chi connectivity index (χ4n) is 2.31. The standard InChI is InChI=1S/C14H22N2O/c1-2-15-14-11-13(9-10-16-14)17-12-7-5-3-4-6-8-12/h9-12H,2-8H2,1H3,(H,15,16). The molecule has 0 aromatic carbocycles. The number of ether oxygens (including phenoxy) is 1. The predicted octanol–water partition coefficient (Wildman–Crippen LogP) is 3.62. The predicted molar refractivity (Wildman–Crippen MR) is 70.5 cm³/mol. The second-order valence-electron chi connectivity index (χ2n) is 4.64. The lowest BCUT2D eigenvalue weighted by Crippen LogP contribution is -2.15. The maximum atomic E-state index is 6.04. The van der Waals surface area contributed by atoms with Crippen LogP contribution in [0.15, 0.2) is 18.3 Å². The average Bonchev–Trinajstić information content (AvgIpc) is 2.59. The van der Waals surface area contributed by atoms with E-state index in [0.717, 1.165) is 18.1 Å². The lowest BCUT2D eigenvalue weighted by Gasteiger charge is -2.17. The van der Waals surface area contributed by atoms with Gasteiger partial charge in [0.25, 0.3) is 0 Å². The molecule has 1 aromatic rings. The molecule has 1 heterocycles. The largest absolute Gasteiger partial charge is 0.490 e. The van der Waals surface area contributed by atoms with Crippen molar-refractivity contribution in [3.63, 3.8) is 0 Å². The molecule has 1 saturated carbocycles. The molecule has 1 aliphatic carbocycles. The van der Waals surface area contributed by atoms with E-state index in [1.54, 1.807) is 0 Å². The molecule has 1 aromatic heterocycles. The third kappa shape index (κ3) is 3.91. The second-order valence-corrected chi connectivity index (χ2v) is 4.64. The molecular weight excluding hydrogens is 212 g/mol. The molecule has 3 nitrogen and oxygen atoms in total. The molecule has 1 fully saturated rings. The number of pyridine rings is 1. The first-order valence-electron chi connectivity index (χ1n) is 6.75. The summed E-state index contributed by atoms with van der Waals surface area (Å²) in [6.45, 7) is 2.96. The van der Waals surface area contributed by atoms with E-state index in [1.807, 2.05) is 18.3 Å². The molecule has 17 heavy (non-hydrogen) atoms. The van der Waals surface area contributed by atoms with Crippen LogP contribution in [0.5, 0.6) is 5.75 Å². The monoisotopic (exact) mass is 234 g/mol. The van der Waals surface area contributed by atoms with Crippen molar-refractivity contribution in [2.45, 2.75) is 51.6 Å². The summed E-state index contributed by atoms with van der Waals surface area (Å²) in [4.78, 5) is 4.25. The number of hydrogen-bond donors (Lipinski definition) is 1. The fourth-order valence-corrected chi connectivity index (χ4v) is 2.31. The van der Waals surface area contributed by atoms with Crippen LogP contribution in [0, 0.1) is 0 Å². The number of anilines is 1. The molecule has 0 unspecified atom stereocenters. The Bertz CT molecular complexity index is 333. The van der Waals surface area contributed by atoms with Gasteiger partial charge in [-0.2, -0.15) is 0 Å². The normalized spacial score (nSPS) is 17.5. The van der Waals surface area contributed by atoms with Gasteiger partial charge in [0.15, 0.2) is 0 Å². The summed E-state index contributed by atoms with van der Waals surface area (Å²) in [7, 11) is 0. The van der Waals surface area contributed by atoms with Crippen molar-refractivity contribution in [2.24, 2.45) is 0 Å². The summed E-state index contributed by atoms with van der Waals surface area (Å²) in [6.07, 6.45) is 9.92. The van der Waals surface area contributed by atoms with Crippen molar-refractivity contribution in [3.8, 4) is 5.75 Å². The Morgan fingerprint density at radius 3 is 2.76 bits per heavy atom. The van der Waals surface area contributed by atoms with Crippen LogP contribution in [0.4, 0.5) is 5.82 Å². The van der Waals surface area contributed by atoms with E-state index < -0.39 is 0 Å². The molecule has 94 valence electrons. The minimum Gasteiger partial charge on any atom is -0.490 e. The van der Waals surface area contributed by atoms with Crippen LogP contribution in [0.1, 0.15) is 45.4 Å². The van der Waals surface area contributed by atoms with Gasteiger partial charge in [-0.25, -0.2) is 4.98 Å². The van der Waals surface area contributed by atoms with Crippen molar-refractivity contribution in [3.05, 3.63) is 18.3 Å².